The summed E-state index contributed by atoms with van der Waals surface area (Å²) in [6.07, 6.45) is 4.33. The van der Waals surface area contributed by atoms with Crippen LogP contribution in [-0.2, 0) is 6.54 Å². The highest BCUT2D eigenvalue weighted by Crippen LogP contribution is 2.32. The molecule has 0 aliphatic carbocycles. The van der Waals surface area contributed by atoms with E-state index in [2.05, 4.69) is 45.3 Å². The zero-order valence-electron chi connectivity index (χ0n) is 16.8. The fraction of sp³-hybridized carbons (Fsp3) is 0.200. The van der Waals surface area contributed by atoms with Gasteiger partial charge in [0.25, 0.3) is 0 Å². The van der Waals surface area contributed by atoms with Crippen molar-refractivity contribution in [3.8, 4) is 17.5 Å². The third-order valence-corrected chi connectivity index (χ3v) is 5.70. The summed E-state index contributed by atoms with van der Waals surface area (Å²) >= 11 is 0. The predicted molar refractivity (Wildman–Crippen MR) is 120 cm³/mol. The van der Waals surface area contributed by atoms with Gasteiger partial charge in [-0.1, -0.05) is 54.6 Å². The molecule has 1 fully saturated rings. The highest BCUT2D eigenvalue weighted by atomic mass is 15.6. The maximum atomic E-state index is 9.49. The van der Waals surface area contributed by atoms with Crippen LogP contribution in [0.25, 0.3) is 22.2 Å². The Labute approximate surface area is 176 Å². The van der Waals surface area contributed by atoms with E-state index in [9.17, 15) is 5.26 Å². The number of aromatic nitrogens is 2. The van der Waals surface area contributed by atoms with E-state index in [1.165, 1.54) is 6.42 Å². The second-order valence-corrected chi connectivity index (χ2v) is 7.61. The van der Waals surface area contributed by atoms with Gasteiger partial charge >= 0.3 is 0 Å². The summed E-state index contributed by atoms with van der Waals surface area (Å²) in [6, 6.07) is 24.7. The summed E-state index contributed by atoms with van der Waals surface area (Å²) in [5, 5.41) is 16.4. The summed E-state index contributed by atoms with van der Waals surface area (Å²) < 4.78 is 0. The molecule has 5 rings (SSSR count). The van der Waals surface area contributed by atoms with Gasteiger partial charge in [0.05, 0.1) is 29.6 Å². The lowest BCUT2D eigenvalue weighted by Crippen LogP contribution is -2.47. The molecule has 0 unspecified atom stereocenters. The van der Waals surface area contributed by atoms with Crippen LogP contribution in [-0.4, -0.2) is 28.1 Å². The molecule has 3 aromatic carbocycles. The Hall–Kier alpha value is -3.62. The summed E-state index contributed by atoms with van der Waals surface area (Å²) in [5.41, 5.74) is 4.00. The molecule has 4 aromatic rings. The number of hydrogen-bond acceptors (Lipinski definition) is 4. The Balaban J connectivity index is 1.46. The van der Waals surface area contributed by atoms with Crippen LogP contribution in [0.4, 0.5) is 5.69 Å². The number of nitrogens with zero attached hydrogens (tertiary/aromatic N) is 4. The van der Waals surface area contributed by atoms with Gasteiger partial charge in [-0.15, -0.1) is 0 Å². The fourth-order valence-corrected chi connectivity index (χ4v) is 4.23. The van der Waals surface area contributed by atoms with Crippen molar-refractivity contribution in [2.24, 2.45) is 0 Å². The van der Waals surface area contributed by atoms with Gasteiger partial charge in [-0.05, 0) is 25.0 Å². The lowest BCUT2D eigenvalue weighted by Gasteiger charge is -2.40. The lowest BCUT2D eigenvalue weighted by molar-refractivity contribution is 0.203. The molecule has 5 heteroatoms. The highest BCUT2D eigenvalue weighted by molar-refractivity contribution is 5.97. The van der Waals surface area contributed by atoms with Crippen molar-refractivity contribution in [2.75, 3.05) is 18.1 Å². The van der Waals surface area contributed by atoms with Gasteiger partial charge in [0.1, 0.15) is 5.82 Å². The minimum atomic E-state index is 0.720. The van der Waals surface area contributed by atoms with E-state index in [1.54, 1.807) is 0 Å². The number of fused-ring (bicyclic) bond motifs is 1. The van der Waals surface area contributed by atoms with Crippen molar-refractivity contribution in [1.82, 2.24) is 15.0 Å². The van der Waals surface area contributed by atoms with E-state index >= 15 is 0 Å². The molecule has 0 radical (unpaired) electrons. The van der Waals surface area contributed by atoms with Crippen LogP contribution >= 0.6 is 0 Å². The summed E-state index contributed by atoms with van der Waals surface area (Å²) in [5.74, 6) is 0.901. The number of aromatic amines is 1. The molecule has 1 saturated heterocycles. The summed E-state index contributed by atoms with van der Waals surface area (Å²) in [7, 11) is 0. The predicted octanol–water partition coefficient (Wildman–Crippen LogP) is 5.12. The van der Waals surface area contributed by atoms with Gasteiger partial charge in [-0.3, -0.25) is 0 Å². The van der Waals surface area contributed by atoms with Gasteiger partial charge in [0.15, 0.2) is 0 Å². The Kier molecular flexibility index (Phi) is 4.92. The van der Waals surface area contributed by atoms with E-state index in [0.29, 0.717) is 0 Å². The quantitative estimate of drug-likeness (QED) is 0.523. The second-order valence-electron chi connectivity index (χ2n) is 7.61. The van der Waals surface area contributed by atoms with Gasteiger partial charge in [0, 0.05) is 35.6 Å². The van der Waals surface area contributed by atoms with Crippen LogP contribution in [0.3, 0.4) is 0 Å². The average molecular weight is 393 g/mol. The fourth-order valence-electron chi connectivity index (χ4n) is 4.23. The molecule has 5 nitrogen and oxygen atoms in total. The first kappa shape index (κ1) is 18.4. The topological polar surface area (TPSA) is 59.0 Å². The first-order chi connectivity index (χ1) is 14.8. The number of hydrogen-bond donors (Lipinski definition) is 1. The monoisotopic (exact) mass is 393 g/mol. The third kappa shape index (κ3) is 3.42. The number of anilines is 1. The normalized spacial score (nSPS) is 14.7. The Morgan fingerprint density at radius 2 is 1.67 bits per heavy atom. The maximum absolute atomic E-state index is 9.49. The lowest BCUT2D eigenvalue weighted by atomic mass is 10.0. The van der Waals surface area contributed by atoms with E-state index in [0.717, 1.165) is 65.2 Å². The van der Waals surface area contributed by atoms with Crippen molar-refractivity contribution in [3.63, 3.8) is 0 Å². The first-order valence-corrected chi connectivity index (χ1v) is 10.4. The molecule has 1 aliphatic heterocycles. The average Bonchev–Trinajstić information content (AvgIpc) is 3.28. The molecule has 1 N–H and O–H groups in total. The second kappa shape index (κ2) is 8.02. The highest BCUT2D eigenvalue weighted by Gasteiger charge is 2.23. The molecule has 0 bridgehead atoms. The van der Waals surface area contributed by atoms with Crippen molar-refractivity contribution in [2.45, 2.75) is 19.4 Å². The minimum absolute atomic E-state index is 0.720. The zero-order chi connectivity index (χ0) is 20.3. The van der Waals surface area contributed by atoms with Crippen molar-refractivity contribution in [1.29, 1.82) is 5.26 Å². The summed E-state index contributed by atoms with van der Waals surface area (Å²) in [4.78, 5) is 8.14. The van der Waals surface area contributed by atoms with Crippen LogP contribution in [0, 0.1) is 11.3 Å². The van der Waals surface area contributed by atoms with Gasteiger partial charge in [-0.2, -0.15) is 5.26 Å². The van der Waals surface area contributed by atoms with Gasteiger partial charge in [-0.25, -0.2) is 9.99 Å². The summed E-state index contributed by atoms with van der Waals surface area (Å²) in [6.45, 7) is 2.70. The number of benzene rings is 3. The number of nitrogens with one attached hydrogen (secondary N) is 1. The molecule has 1 aromatic heterocycles. The van der Waals surface area contributed by atoms with E-state index in [-0.39, 0.29) is 0 Å². The van der Waals surface area contributed by atoms with E-state index in [4.69, 9.17) is 4.98 Å². The van der Waals surface area contributed by atoms with Crippen molar-refractivity contribution < 1.29 is 0 Å². The maximum Gasteiger partial charge on any atom is 0.137 e. The molecular formula is C25H23N5. The number of rotatable bonds is 4. The number of imidazole rings is 1. The van der Waals surface area contributed by atoms with Crippen molar-refractivity contribution >= 4 is 16.5 Å². The van der Waals surface area contributed by atoms with Crippen LogP contribution < -0.4 is 5.01 Å². The molecule has 30 heavy (non-hydrogen) atoms. The smallest absolute Gasteiger partial charge is 0.137 e. The SMILES string of the molecule is N#Cc1ccc(N2CCCCN2Cc2c[nH]c(-c3ccccc3)n2)c2ccccc12. The van der Waals surface area contributed by atoms with Crippen LogP contribution in [0.15, 0.2) is 72.9 Å². The van der Waals surface area contributed by atoms with Gasteiger partial charge < -0.3 is 9.99 Å². The Morgan fingerprint density at radius 3 is 2.50 bits per heavy atom. The molecule has 1 aliphatic rings. The van der Waals surface area contributed by atoms with Crippen molar-refractivity contribution in [3.05, 3.63) is 84.2 Å². The largest absolute Gasteiger partial charge is 0.344 e. The molecule has 148 valence electrons. The van der Waals surface area contributed by atoms with Crippen LogP contribution in [0.1, 0.15) is 24.1 Å². The van der Waals surface area contributed by atoms with E-state index < -0.39 is 0 Å². The zero-order valence-corrected chi connectivity index (χ0v) is 16.8. The molecule has 0 atom stereocenters. The van der Waals surface area contributed by atoms with E-state index in [1.807, 2.05) is 48.7 Å². The molecule has 2 heterocycles. The standard InChI is InChI=1S/C25H23N5/c26-16-20-12-13-24(23-11-5-4-10-22(20)23)30-15-7-6-14-29(30)18-21-17-27-25(28-21)19-8-2-1-3-9-19/h1-5,8-13,17H,6-7,14-15,18H2,(H,27,28). The number of hydrazine groups is 1. The molecule has 0 saturated carbocycles. The number of nitriles is 1. The Bertz CT molecular complexity index is 1210. The molecule has 0 amide bonds. The molecular weight excluding hydrogens is 370 g/mol. The Morgan fingerprint density at radius 1 is 0.900 bits per heavy atom. The number of H-pyrrole nitrogens is 1. The van der Waals surface area contributed by atoms with Crippen LogP contribution in [0.2, 0.25) is 0 Å². The first-order valence-electron chi connectivity index (χ1n) is 10.4. The van der Waals surface area contributed by atoms with Gasteiger partial charge in [0.2, 0.25) is 0 Å². The minimum Gasteiger partial charge on any atom is -0.344 e. The van der Waals surface area contributed by atoms with Crippen LogP contribution in [0.5, 0.6) is 0 Å². The third-order valence-electron chi connectivity index (χ3n) is 5.70. The molecule has 0 spiro atoms.